The molecule has 3 heterocycles. The van der Waals surface area contributed by atoms with Crippen molar-refractivity contribution in [1.29, 1.82) is 0 Å². The number of aliphatic hydroxyl groups excluding tert-OH is 1. The lowest BCUT2D eigenvalue weighted by Crippen LogP contribution is -2.32. The second kappa shape index (κ2) is 5.48. The molecule has 2 aliphatic heterocycles. The monoisotopic (exact) mass is 298 g/mol. The first-order valence-electron chi connectivity index (χ1n) is 7.46. The van der Waals surface area contributed by atoms with Crippen molar-refractivity contribution in [2.75, 3.05) is 12.4 Å². The molecule has 1 saturated heterocycles. The quantitative estimate of drug-likeness (QED) is 0.901. The third-order valence-corrected chi connectivity index (χ3v) is 6.94. The van der Waals surface area contributed by atoms with Crippen LogP contribution in [0.3, 0.4) is 0 Å². The van der Waals surface area contributed by atoms with Gasteiger partial charge in [-0.2, -0.15) is 0 Å². The summed E-state index contributed by atoms with van der Waals surface area (Å²) in [5.41, 5.74) is 1.14. The maximum Gasteiger partial charge on any atom is 0.153 e. The van der Waals surface area contributed by atoms with E-state index in [0.717, 1.165) is 50.2 Å². The second-order valence-corrected chi connectivity index (χ2v) is 8.45. The summed E-state index contributed by atoms with van der Waals surface area (Å²) >= 11 is 0. The lowest BCUT2D eigenvalue weighted by atomic mass is 9.97. The van der Waals surface area contributed by atoms with Gasteiger partial charge in [-0.05, 0) is 31.6 Å². The molecular weight excluding hydrogens is 276 g/mol. The van der Waals surface area contributed by atoms with Crippen molar-refractivity contribution in [3.8, 4) is 0 Å². The van der Waals surface area contributed by atoms with Crippen LogP contribution in [0.2, 0.25) is 0 Å². The van der Waals surface area contributed by atoms with E-state index < -0.39 is 9.84 Å². The molecule has 1 aromatic rings. The van der Waals surface area contributed by atoms with Gasteiger partial charge in [-0.15, -0.1) is 0 Å². The zero-order valence-electron chi connectivity index (χ0n) is 11.7. The molecule has 1 N–H and O–H groups in total. The topological polar surface area (TPSA) is 72.2 Å². The summed E-state index contributed by atoms with van der Waals surface area (Å²) in [7, 11) is -2.93. The smallest absolute Gasteiger partial charge is 0.153 e. The minimum atomic E-state index is -2.93. The number of hydrogen-bond acceptors (Lipinski definition) is 4. The van der Waals surface area contributed by atoms with Gasteiger partial charge in [0, 0.05) is 31.5 Å². The molecule has 1 fully saturated rings. The lowest BCUT2D eigenvalue weighted by Gasteiger charge is -2.25. The van der Waals surface area contributed by atoms with E-state index in [1.54, 1.807) is 0 Å². The van der Waals surface area contributed by atoms with Crippen LogP contribution in [0.15, 0.2) is 6.20 Å². The van der Waals surface area contributed by atoms with Gasteiger partial charge in [0.2, 0.25) is 0 Å². The number of rotatable bonds is 3. The molecule has 2 unspecified atom stereocenters. The molecule has 0 spiro atoms. The molecule has 0 aliphatic carbocycles. The van der Waals surface area contributed by atoms with Crippen molar-refractivity contribution in [3.63, 3.8) is 0 Å². The zero-order chi connectivity index (χ0) is 14.2. The predicted molar refractivity (Wildman–Crippen MR) is 76.3 cm³/mol. The van der Waals surface area contributed by atoms with Crippen molar-refractivity contribution in [2.45, 2.75) is 50.3 Å². The van der Waals surface area contributed by atoms with Crippen LogP contribution >= 0.6 is 0 Å². The molecule has 0 aromatic carbocycles. The van der Waals surface area contributed by atoms with Crippen LogP contribution in [0, 0.1) is 5.92 Å². The molecule has 0 bridgehead atoms. The molecule has 0 saturated carbocycles. The second-order valence-electron chi connectivity index (χ2n) is 6.05. The van der Waals surface area contributed by atoms with Crippen LogP contribution in [0.25, 0.3) is 0 Å². The maximum absolute atomic E-state index is 12.1. The normalized spacial score (nSPS) is 29.1. The lowest BCUT2D eigenvalue weighted by molar-refractivity contribution is 0.200. The van der Waals surface area contributed by atoms with Gasteiger partial charge in [0.1, 0.15) is 5.82 Å². The van der Waals surface area contributed by atoms with Gasteiger partial charge in [0.15, 0.2) is 9.84 Å². The van der Waals surface area contributed by atoms with Crippen molar-refractivity contribution in [1.82, 2.24) is 9.55 Å². The standard InChI is InChI=1S/C14H22N2O3S/c17-10-11-4-5-16-12(7-11)9-15-14(16)8-13-3-1-2-6-20(13,18)19/h9,11,13,17H,1-8,10H2. The number of aromatic nitrogens is 2. The number of fused-ring (bicyclic) bond motifs is 1. The highest BCUT2D eigenvalue weighted by Gasteiger charge is 2.31. The number of hydrogen-bond donors (Lipinski definition) is 1. The van der Waals surface area contributed by atoms with Crippen molar-refractivity contribution < 1.29 is 13.5 Å². The van der Waals surface area contributed by atoms with E-state index in [1.165, 1.54) is 0 Å². The highest BCUT2D eigenvalue weighted by atomic mass is 32.2. The van der Waals surface area contributed by atoms with Crippen molar-refractivity contribution >= 4 is 9.84 Å². The molecule has 1 aromatic heterocycles. The van der Waals surface area contributed by atoms with Gasteiger partial charge in [-0.1, -0.05) is 6.42 Å². The van der Waals surface area contributed by atoms with Crippen LogP contribution in [-0.2, 0) is 29.2 Å². The van der Waals surface area contributed by atoms with Crippen LogP contribution in [0.5, 0.6) is 0 Å². The fourth-order valence-electron chi connectivity index (χ4n) is 3.37. The Morgan fingerprint density at radius 1 is 1.35 bits per heavy atom. The molecule has 0 amide bonds. The molecule has 2 aliphatic rings. The summed E-state index contributed by atoms with van der Waals surface area (Å²) in [5, 5.41) is 8.99. The zero-order valence-corrected chi connectivity index (χ0v) is 12.5. The first kappa shape index (κ1) is 14.1. The number of imidazole rings is 1. The van der Waals surface area contributed by atoms with Crippen molar-refractivity contribution in [3.05, 3.63) is 17.7 Å². The van der Waals surface area contributed by atoms with E-state index in [9.17, 15) is 13.5 Å². The highest BCUT2D eigenvalue weighted by Crippen LogP contribution is 2.26. The SMILES string of the molecule is O=S1(=O)CCCCC1Cc1ncc2n1CCC(CO)C2. The van der Waals surface area contributed by atoms with Gasteiger partial charge in [-0.25, -0.2) is 13.4 Å². The van der Waals surface area contributed by atoms with E-state index in [-0.39, 0.29) is 11.9 Å². The predicted octanol–water partition coefficient (Wildman–Crippen LogP) is 0.948. The minimum absolute atomic E-state index is 0.220. The third-order valence-electron chi connectivity index (χ3n) is 4.66. The first-order valence-corrected chi connectivity index (χ1v) is 9.17. The number of nitrogens with zero attached hydrogens (tertiary/aromatic N) is 2. The van der Waals surface area contributed by atoms with Gasteiger partial charge in [0.25, 0.3) is 0 Å². The molecule has 6 heteroatoms. The van der Waals surface area contributed by atoms with Crippen LogP contribution in [0.1, 0.15) is 37.2 Å². The Balaban J connectivity index is 1.78. The van der Waals surface area contributed by atoms with E-state index in [4.69, 9.17) is 0 Å². The molecule has 2 atom stereocenters. The van der Waals surface area contributed by atoms with Crippen LogP contribution < -0.4 is 0 Å². The van der Waals surface area contributed by atoms with E-state index >= 15 is 0 Å². The van der Waals surface area contributed by atoms with Crippen LogP contribution in [-0.4, -0.2) is 40.7 Å². The van der Waals surface area contributed by atoms with Crippen LogP contribution in [0.4, 0.5) is 0 Å². The molecule has 20 heavy (non-hydrogen) atoms. The van der Waals surface area contributed by atoms with E-state index in [0.29, 0.717) is 18.1 Å². The Labute approximate surface area is 119 Å². The van der Waals surface area contributed by atoms with Gasteiger partial charge in [0.05, 0.1) is 11.0 Å². The fourth-order valence-corrected chi connectivity index (χ4v) is 5.24. The average molecular weight is 298 g/mol. The fraction of sp³-hybridized carbons (Fsp3) is 0.786. The maximum atomic E-state index is 12.1. The van der Waals surface area contributed by atoms with Crippen molar-refractivity contribution in [2.24, 2.45) is 5.92 Å². The Morgan fingerprint density at radius 3 is 2.95 bits per heavy atom. The summed E-state index contributed by atoms with van der Waals surface area (Å²) in [5.74, 6) is 1.56. The number of sulfone groups is 1. The summed E-state index contributed by atoms with van der Waals surface area (Å²) in [6, 6.07) is 0. The van der Waals surface area contributed by atoms with Gasteiger partial charge >= 0.3 is 0 Å². The average Bonchev–Trinajstić information content (AvgIpc) is 2.83. The Bertz CT molecular complexity index is 579. The molecule has 0 radical (unpaired) electrons. The van der Waals surface area contributed by atoms with E-state index in [2.05, 4.69) is 9.55 Å². The Kier molecular flexibility index (Phi) is 3.86. The largest absolute Gasteiger partial charge is 0.396 e. The van der Waals surface area contributed by atoms with Gasteiger partial charge in [-0.3, -0.25) is 0 Å². The summed E-state index contributed by atoms with van der Waals surface area (Å²) in [6.45, 7) is 1.07. The van der Waals surface area contributed by atoms with E-state index in [1.807, 2.05) is 6.20 Å². The first-order chi connectivity index (χ1) is 9.60. The molecular formula is C14H22N2O3S. The summed E-state index contributed by atoms with van der Waals surface area (Å²) in [4.78, 5) is 4.44. The highest BCUT2D eigenvalue weighted by molar-refractivity contribution is 7.92. The van der Waals surface area contributed by atoms with Gasteiger partial charge < -0.3 is 9.67 Å². The summed E-state index contributed by atoms with van der Waals surface area (Å²) in [6.07, 6.45) is 6.77. The summed E-state index contributed by atoms with van der Waals surface area (Å²) < 4.78 is 26.4. The number of aliphatic hydroxyl groups is 1. The Hall–Kier alpha value is -0.880. The third kappa shape index (κ3) is 2.63. The molecule has 112 valence electrons. The molecule has 3 rings (SSSR count). The minimum Gasteiger partial charge on any atom is -0.396 e. The molecule has 5 nitrogen and oxygen atoms in total. The Morgan fingerprint density at radius 2 is 2.20 bits per heavy atom.